The zero-order valence-corrected chi connectivity index (χ0v) is 13.9. The van der Waals surface area contributed by atoms with Crippen molar-refractivity contribution in [1.29, 1.82) is 0 Å². The Morgan fingerprint density at radius 2 is 2.14 bits per heavy atom. The van der Waals surface area contributed by atoms with E-state index in [-0.39, 0.29) is 6.04 Å². The van der Waals surface area contributed by atoms with Gasteiger partial charge >= 0.3 is 0 Å². The summed E-state index contributed by atoms with van der Waals surface area (Å²) >= 11 is 1.83. The first-order valence-electron chi connectivity index (χ1n) is 7.45. The monoisotopic (exact) mass is 326 g/mol. The molecular formula is C15H22N2O2S2. The number of hydrogen-bond donors (Lipinski definition) is 1. The Balaban J connectivity index is 1.75. The quantitative estimate of drug-likeness (QED) is 0.869. The van der Waals surface area contributed by atoms with Gasteiger partial charge in [-0.2, -0.15) is 16.1 Å². The first-order valence-corrected chi connectivity index (χ1v) is 10.0. The third-order valence-corrected chi connectivity index (χ3v) is 7.22. The van der Waals surface area contributed by atoms with Gasteiger partial charge in [0.15, 0.2) is 0 Å². The van der Waals surface area contributed by atoms with Crippen molar-refractivity contribution in [2.45, 2.75) is 42.8 Å². The number of thioether (sulfide) groups is 1. The van der Waals surface area contributed by atoms with E-state index in [1.165, 1.54) is 12.8 Å². The summed E-state index contributed by atoms with van der Waals surface area (Å²) in [5.74, 6) is 1.95. The Morgan fingerprint density at radius 1 is 1.33 bits per heavy atom. The van der Waals surface area contributed by atoms with Crippen molar-refractivity contribution < 1.29 is 8.42 Å². The van der Waals surface area contributed by atoms with Crippen LogP contribution in [0.1, 0.15) is 24.8 Å². The Bertz CT molecular complexity index is 593. The number of hydrogen-bond acceptors (Lipinski definition) is 4. The second-order valence-electron chi connectivity index (χ2n) is 5.84. The van der Waals surface area contributed by atoms with Gasteiger partial charge in [-0.05, 0) is 42.7 Å². The lowest BCUT2D eigenvalue weighted by atomic mass is 10.2. The van der Waals surface area contributed by atoms with Crippen LogP contribution in [0.5, 0.6) is 0 Å². The fourth-order valence-corrected chi connectivity index (χ4v) is 5.35. The maximum absolute atomic E-state index is 12.7. The van der Waals surface area contributed by atoms with Crippen LogP contribution >= 0.6 is 11.8 Å². The molecule has 0 spiro atoms. The van der Waals surface area contributed by atoms with Crippen LogP contribution in [0.15, 0.2) is 29.2 Å². The molecule has 4 nitrogen and oxygen atoms in total. The maximum atomic E-state index is 12.7. The molecule has 1 saturated carbocycles. The Kier molecular flexibility index (Phi) is 4.59. The van der Waals surface area contributed by atoms with E-state index < -0.39 is 10.0 Å². The van der Waals surface area contributed by atoms with E-state index in [2.05, 4.69) is 5.32 Å². The lowest BCUT2D eigenvalue weighted by Crippen LogP contribution is -2.37. The van der Waals surface area contributed by atoms with Crippen molar-refractivity contribution >= 4 is 21.8 Å². The smallest absolute Gasteiger partial charge is 0.243 e. The molecule has 1 heterocycles. The molecule has 1 atom stereocenters. The summed E-state index contributed by atoms with van der Waals surface area (Å²) in [6.07, 6.45) is 3.42. The Hall–Kier alpha value is -0.560. The van der Waals surface area contributed by atoms with Crippen LogP contribution < -0.4 is 5.32 Å². The molecule has 1 aliphatic carbocycles. The largest absolute Gasteiger partial charge is 0.310 e. The summed E-state index contributed by atoms with van der Waals surface area (Å²) in [7, 11) is -1.67. The minimum atomic E-state index is -3.38. The molecule has 6 heteroatoms. The Labute approximate surface area is 131 Å². The molecule has 116 valence electrons. The first kappa shape index (κ1) is 15.3. The van der Waals surface area contributed by atoms with Gasteiger partial charge in [0, 0.05) is 31.4 Å². The summed E-state index contributed by atoms with van der Waals surface area (Å²) in [4.78, 5) is 0.414. The molecule has 3 rings (SSSR count). The van der Waals surface area contributed by atoms with Crippen molar-refractivity contribution in [2.75, 3.05) is 18.6 Å². The molecule has 1 unspecified atom stereocenters. The van der Waals surface area contributed by atoms with Crippen molar-refractivity contribution in [3.63, 3.8) is 0 Å². The van der Waals surface area contributed by atoms with Gasteiger partial charge in [0.2, 0.25) is 10.0 Å². The van der Waals surface area contributed by atoms with E-state index in [1.54, 1.807) is 17.4 Å². The van der Waals surface area contributed by atoms with Gasteiger partial charge in [-0.3, -0.25) is 0 Å². The fraction of sp³-hybridized carbons (Fsp3) is 0.600. The maximum Gasteiger partial charge on any atom is 0.243 e. The molecule has 1 aliphatic heterocycles. The van der Waals surface area contributed by atoms with Crippen molar-refractivity contribution in [2.24, 2.45) is 0 Å². The second-order valence-corrected chi connectivity index (χ2v) is 8.99. The molecule has 1 aromatic carbocycles. The molecule has 2 fully saturated rings. The molecule has 1 saturated heterocycles. The first-order chi connectivity index (χ1) is 10.1. The van der Waals surface area contributed by atoms with Crippen LogP contribution in [-0.2, 0) is 16.6 Å². The highest BCUT2D eigenvalue weighted by molar-refractivity contribution is 7.99. The minimum absolute atomic E-state index is 0.133. The number of sulfonamides is 1. The van der Waals surface area contributed by atoms with Gasteiger partial charge in [-0.25, -0.2) is 8.42 Å². The average Bonchev–Trinajstić information content (AvgIpc) is 3.16. The molecule has 0 aromatic heterocycles. The SMILES string of the molecule is CN(C1CCSC1)S(=O)(=O)c1cccc(CNC2CC2)c1. The second kappa shape index (κ2) is 6.28. The van der Waals surface area contributed by atoms with Gasteiger partial charge in [0.25, 0.3) is 0 Å². The third kappa shape index (κ3) is 3.62. The van der Waals surface area contributed by atoms with Crippen molar-refractivity contribution in [3.05, 3.63) is 29.8 Å². The molecule has 2 aliphatic rings. The average molecular weight is 326 g/mol. The van der Waals surface area contributed by atoms with E-state index in [9.17, 15) is 8.42 Å². The predicted molar refractivity (Wildman–Crippen MR) is 87.0 cm³/mol. The van der Waals surface area contributed by atoms with Crippen LogP contribution in [0.25, 0.3) is 0 Å². The summed E-state index contributed by atoms with van der Waals surface area (Å²) in [6, 6.07) is 8.10. The standard InChI is InChI=1S/C15H22N2O2S2/c1-17(14-7-8-20-11-14)21(18,19)15-4-2-3-12(9-15)10-16-13-5-6-13/h2-4,9,13-14,16H,5-8,10-11H2,1H3. The highest BCUT2D eigenvalue weighted by atomic mass is 32.2. The molecule has 0 amide bonds. The van der Waals surface area contributed by atoms with Gasteiger partial charge in [-0.1, -0.05) is 12.1 Å². The van der Waals surface area contributed by atoms with Crippen molar-refractivity contribution in [3.8, 4) is 0 Å². The van der Waals surface area contributed by atoms with Crippen LogP contribution in [-0.4, -0.2) is 43.4 Å². The van der Waals surface area contributed by atoms with E-state index in [0.29, 0.717) is 10.9 Å². The van der Waals surface area contributed by atoms with E-state index >= 15 is 0 Å². The predicted octanol–water partition coefficient (Wildman–Crippen LogP) is 2.06. The number of benzene rings is 1. The number of nitrogens with zero attached hydrogens (tertiary/aromatic N) is 1. The van der Waals surface area contributed by atoms with Gasteiger partial charge in [0.1, 0.15) is 0 Å². The fourth-order valence-electron chi connectivity index (χ4n) is 2.54. The van der Waals surface area contributed by atoms with Crippen LogP contribution in [0, 0.1) is 0 Å². The van der Waals surface area contributed by atoms with Crippen LogP contribution in [0.4, 0.5) is 0 Å². The zero-order valence-electron chi connectivity index (χ0n) is 12.3. The van der Waals surface area contributed by atoms with E-state index in [0.717, 1.165) is 30.0 Å². The summed E-state index contributed by atoms with van der Waals surface area (Å²) in [5, 5.41) is 3.42. The van der Waals surface area contributed by atoms with Gasteiger partial charge < -0.3 is 5.32 Å². The highest BCUT2D eigenvalue weighted by Gasteiger charge is 2.30. The van der Waals surface area contributed by atoms with Crippen LogP contribution in [0.2, 0.25) is 0 Å². The summed E-state index contributed by atoms with van der Waals surface area (Å²) < 4.78 is 27.0. The molecule has 21 heavy (non-hydrogen) atoms. The zero-order chi connectivity index (χ0) is 14.9. The molecule has 0 bridgehead atoms. The summed E-state index contributed by atoms with van der Waals surface area (Å²) in [6.45, 7) is 0.747. The van der Waals surface area contributed by atoms with Gasteiger partial charge in [-0.15, -0.1) is 0 Å². The normalized spacial score (nSPS) is 22.9. The molecule has 0 radical (unpaired) electrons. The van der Waals surface area contributed by atoms with Crippen molar-refractivity contribution in [1.82, 2.24) is 9.62 Å². The molecule has 1 N–H and O–H groups in total. The number of nitrogens with one attached hydrogen (secondary N) is 1. The number of rotatable bonds is 6. The lowest BCUT2D eigenvalue weighted by molar-refractivity contribution is 0.394. The minimum Gasteiger partial charge on any atom is -0.310 e. The van der Waals surface area contributed by atoms with Crippen LogP contribution in [0.3, 0.4) is 0 Å². The molecular weight excluding hydrogens is 304 g/mol. The molecule has 1 aromatic rings. The van der Waals surface area contributed by atoms with E-state index in [4.69, 9.17) is 0 Å². The highest BCUT2D eigenvalue weighted by Crippen LogP contribution is 2.26. The third-order valence-electron chi connectivity index (χ3n) is 4.17. The Morgan fingerprint density at radius 3 is 2.81 bits per heavy atom. The topological polar surface area (TPSA) is 49.4 Å². The van der Waals surface area contributed by atoms with E-state index in [1.807, 2.05) is 30.0 Å². The lowest BCUT2D eigenvalue weighted by Gasteiger charge is -2.23. The summed E-state index contributed by atoms with van der Waals surface area (Å²) in [5.41, 5.74) is 1.04. The van der Waals surface area contributed by atoms with Gasteiger partial charge in [0.05, 0.1) is 4.90 Å².